The van der Waals surface area contributed by atoms with Crippen molar-refractivity contribution in [2.45, 2.75) is 12.8 Å². The topological polar surface area (TPSA) is 40.5 Å². The monoisotopic (exact) mass is 289 g/mol. The summed E-state index contributed by atoms with van der Waals surface area (Å²) in [5, 5.41) is 9.15. The molecule has 0 aromatic heterocycles. The van der Waals surface area contributed by atoms with Crippen molar-refractivity contribution in [1.29, 1.82) is 0 Å². The highest BCUT2D eigenvalue weighted by Crippen LogP contribution is 2.32. The van der Waals surface area contributed by atoms with E-state index in [-0.39, 0.29) is 0 Å². The van der Waals surface area contributed by atoms with Crippen molar-refractivity contribution in [3.8, 4) is 12.3 Å². The Morgan fingerprint density at radius 3 is 2.85 bits per heavy atom. The standard InChI is InChI=1S/C16H16ClNO2/c1-2-9-18(11-12-3-4-12)14-7-5-13(15(17)10-14)6-8-16(19)20/h1,5-8,10,12H,3-4,9,11H2,(H,19,20)/b8-6+. The van der Waals surface area contributed by atoms with E-state index in [1.807, 2.05) is 18.2 Å². The van der Waals surface area contributed by atoms with E-state index in [4.69, 9.17) is 23.1 Å². The van der Waals surface area contributed by atoms with Crippen LogP contribution in [0.4, 0.5) is 5.69 Å². The van der Waals surface area contributed by atoms with Crippen molar-refractivity contribution in [1.82, 2.24) is 0 Å². The molecule has 0 amide bonds. The fourth-order valence-electron chi connectivity index (χ4n) is 1.99. The van der Waals surface area contributed by atoms with Crippen LogP contribution in [0.25, 0.3) is 6.08 Å². The third kappa shape index (κ3) is 4.04. The smallest absolute Gasteiger partial charge is 0.328 e. The number of rotatable bonds is 6. The molecule has 1 aromatic carbocycles. The van der Waals surface area contributed by atoms with Crippen LogP contribution in [0.2, 0.25) is 5.02 Å². The summed E-state index contributed by atoms with van der Waals surface area (Å²) in [6.07, 6.45) is 10.5. The van der Waals surface area contributed by atoms with Crippen LogP contribution >= 0.6 is 11.6 Å². The van der Waals surface area contributed by atoms with Crippen LogP contribution < -0.4 is 4.90 Å². The van der Waals surface area contributed by atoms with Gasteiger partial charge in [0.05, 0.1) is 6.54 Å². The van der Waals surface area contributed by atoms with Gasteiger partial charge in [0.2, 0.25) is 0 Å². The highest BCUT2D eigenvalue weighted by Gasteiger charge is 2.24. The summed E-state index contributed by atoms with van der Waals surface area (Å²) in [6.45, 7) is 1.50. The van der Waals surface area contributed by atoms with Crippen LogP contribution in [-0.2, 0) is 4.79 Å². The first-order valence-corrected chi connectivity index (χ1v) is 6.87. The van der Waals surface area contributed by atoms with Gasteiger partial charge in [0.25, 0.3) is 0 Å². The Bertz CT molecular complexity index is 570. The second-order valence-corrected chi connectivity index (χ2v) is 5.31. The van der Waals surface area contributed by atoms with Crippen LogP contribution in [0.5, 0.6) is 0 Å². The van der Waals surface area contributed by atoms with Crippen LogP contribution in [0.3, 0.4) is 0 Å². The number of nitrogens with zero attached hydrogens (tertiary/aromatic N) is 1. The van der Waals surface area contributed by atoms with Gasteiger partial charge in [0, 0.05) is 23.3 Å². The van der Waals surface area contributed by atoms with Gasteiger partial charge in [0.15, 0.2) is 0 Å². The van der Waals surface area contributed by atoms with Gasteiger partial charge in [-0.2, -0.15) is 0 Å². The molecule has 0 aliphatic heterocycles. The summed E-state index contributed by atoms with van der Waals surface area (Å²) in [5.74, 6) is 2.40. The molecule has 1 aliphatic carbocycles. The lowest BCUT2D eigenvalue weighted by atomic mass is 10.1. The van der Waals surface area contributed by atoms with E-state index in [1.54, 1.807) is 0 Å². The van der Waals surface area contributed by atoms with Crippen molar-refractivity contribution >= 4 is 29.3 Å². The molecule has 0 heterocycles. The lowest BCUT2D eigenvalue weighted by Gasteiger charge is -2.22. The molecule has 2 rings (SSSR count). The van der Waals surface area contributed by atoms with Crippen molar-refractivity contribution in [2.24, 2.45) is 5.92 Å². The fourth-order valence-corrected chi connectivity index (χ4v) is 2.23. The zero-order valence-electron chi connectivity index (χ0n) is 11.1. The van der Waals surface area contributed by atoms with Gasteiger partial charge < -0.3 is 10.0 Å². The molecular formula is C16H16ClNO2. The first kappa shape index (κ1) is 14.5. The molecule has 1 N–H and O–H groups in total. The first-order chi connectivity index (χ1) is 9.60. The van der Waals surface area contributed by atoms with Gasteiger partial charge in [-0.05, 0) is 42.5 Å². The number of carboxylic acid groups (broad SMARTS) is 1. The van der Waals surface area contributed by atoms with Crippen molar-refractivity contribution in [2.75, 3.05) is 18.0 Å². The van der Waals surface area contributed by atoms with Gasteiger partial charge in [-0.3, -0.25) is 0 Å². The number of carbonyl (C=O) groups is 1. The molecule has 4 heteroatoms. The predicted molar refractivity (Wildman–Crippen MR) is 81.9 cm³/mol. The van der Waals surface area contributed by atoms with E-state index in [2.05, 4.69) is 10.8 Å². The largest absolute Gasteiger partial charge is 0.478 e. The summed E-state index contributed by atoms with van der Waals surface area (Å²) < 4.78 is 0. The maximum absolute atomic E-state index is 10.5. The van der Waals surface area contributed by atoms with E-state index in [0.717, 1.165) is 24.2 Å². The molecule has 1 aromatic rings. The van der Waals surface area contributed by atoms with Crippen molar-refractivity contribution < 1.29 is 9.90 Å². The van der Waals surface area contributed by atoms with Crippen LogP contribution in [0.15, 0.2) is 24.3 Å². The molecule has 0 bridgehead atoms. The molecule has 1 fully saturated rings. The summed E-state index contributed by atoms with van der Waals surface area (Å²) in [6, 6.07) is 5.57. The quantitative estimate of drug-likeness (QED) is 0.645. The summed E-state index contributed by atoms with van der Waals surface area (Å²) in [5.41, 5.74) is 1.66. The molecule has 104 valence electrons. The van der Waals surface area contributed by atoms with E-state index >= 15 is 0 Å². The van der Waals surface area contributed by atoms with Gasteiger partial charge in [-0.25, -0.2) is 4.79 Å². The normalized spacial score (nSPS) is 14.2. The Balaban J connectivity index is 2.17. The minimum atomic E-state index is -0.993. The zero-order chi connectivity index (χ0) is 14.5. The Labute approximate surface area is 123 Å². The molecule has 20 heavy (non-hydrogen) atoms. The molecule has 1 aliphatic rings. The van der Waals surface area contributed by atoms with E-state index in [0.29, 0.717) is 17.1 Å². The van der Waals surface area contributed by atoms with Gasteiger partial charge in [0.1, 0.15) is 0 Å². The Morgan fingerprint density at radius 1 is 1.55 bits per heavy atom. The summed E-state index contributed by atoms with van der Waals surface area (Å²) in [7, 11) is 0. The van der Waals surface area contributed by atoms with Gasteiger partial charge in [-0.15, -0.1) is 6.42 Å². The maximum Gasteiger partial charge on any atom is 0.328 e. The fraction of sp³-hybridized carbons (Fsp3) is 0.312. The maximum atomic E-state index is 10.5. The molecular weight excluding hydrogens is 274 g/mol. The molecule has 0 spiro atoms. The highest BCUT2D eigenvalue weighted by atomic mass is 35.5. The lowest BCUT2D eigenvalue weighted by Crippen LogP contribution is -2.25. The first-order valence-electron chi connectivity index (χ1n) is 6.49. The molecule has 0 radical (unpaired) electrons. The molecule has 1 saturated carbocycles. The van der Waals surface area contributed by atoms with Gasteiger partial charge >= 0.3 is 5.97 Å². The predicted octanol–water partition coefficient (Wildman–Crippen LogP) is 3.29. The number of aliphatic carboxylic acids is 1. The minimum Gasteiger partial charge on any atom is -0.478 e. The highest BCUT2D eigenvalue weighted by molar-refractivity contribution is 6.32. The molecule has 0 saturated heterocycles. The number of hydrogen-bond acceptors (Lipinski definition) is 2. The summed E-state index contributed by atoms with van der Waals surface area (Å²) >= 11 is 6.19. The van der Waals surface area contributed by atoms with Crippen LogP contribution in [0.1, 0.15) is 18.4 Å². The minimum absolute atomic E-state index is 0.526. The van der Waals surface area contributed by atoms with E-state index in [1.165, 1.54) is 18.9 Å². The SMILES string of the molecule is C#CCN(CC1CC1)c1ccc(/C=C/C(=O)O)c(Cl)c1. The third-order valence-electron chi connectivity index (χ3n) is 3.21. The number of anilines is 1. The average Bonchev–Trinajstić information content (AvgIpc) is 3.20. The Kier molecular flexibility index (Phi) is 4.70. The Hall–Kier alpha value is -1.92. The second-order valence-electron chi connectivity index (χ2n) is 4.91. The third-order valence-corrected chi connectivity index (χ3v) is 3.54. The average molecular weight is 290 g/mol. The number of halogens is 1. The van der Waals surface area contributed by atoms with Gasteiger partial charge in [-0.1, -0.05) is 23.6 Å². The zero-order valence-corrected chi connectivity index (χ0v) is 11.8. The van der Waals surface area contributed by atoms with Crippen molar-refractivity contribution in [3.63, 3.8) is 0 Å². The second kappa shape index (κ2) is 6.49. The molecule has 3 nitrogen and oxygen atoms in total. The lowest BCUT2D eigenvalue weighted by molar-refractivity contribution is -0.131. The van der Waals surface area contributed by atoms with E-state index in [9.17, 15) is 4.79 Å². The Morgan fingerprint density at radius 2 is 2.30 bits per heavy atom. The molecule has 0 atom stereocenters. The van der Waals surface area contributed by atoms with Crippen LogP contribution in [-0.4, -0.2) is 24.2 Å². The van der Waals surface area contributed by atoms with E-state index < -0.39 is 5.97 Å². The number of hydrogen-bond donors (Lipinski definition) is 1. The van der Waals surface area contributed by atoms with Crippen LogP contribution in [0, 0.1) is 18.3 Å². The molecule has 0 unspecified atom stereocenters. The number of terminal acetylenes is 1. The number of benzene rings is 1. The summed E-state index contributed by atoms with van der Waals surface area (Å²) in [4.78, 5) is 12.6. The van der Waals surface area contributed by atoms with Crippen molar-refractivity contribution in [3.05, 3.63) is 34.9 Å². The number of carboxylic acids is 1.